The average Bonchev–Trinajstić information content (AvgIpc) is 2.49. The first-order valence-electron chi connectivity index (χ1n) is 8.55. The SMILES string of the molecule is CCC[CH2][Sn]([CH2]CCC)([CH2]CCC)[c]1cc(F)ccc1F. The van der Waals surface area contributed by atoms with E-state index in [0.717, 1.165) is 22.8 Å². The van der Waals surface area contributed by atoms with Gasteiger partial charge in [-0.25, -0.2) is 0 Å². The summed E-state index contributed by atoms with van der Waals surface area (Å²) < 4.78 is 32.5. The molecule has 0 N–H and O–H groups in total. The van der Waals surface area contributed by atoms with Gasteiger partial charge in [0.1, 0.15) is 0 Å². The van der Waals surface area contributed by atoms with Crippen molar-refractivity contribution in [1.29, 1.82) is 0 Å². The molecular weight excluding hydrogens is 373 g/mol. The van der Waals surface area contributed by atoms with Crippen LogP contribution in [0.4, 0.5) is 8.78 Å². The third kappa shape index (κ3) is 5.54. The molecule has 0 spiro atoms. The summed E-state index contributed by atoms with van der Waals surface area (Å²) in [5.41, 5.74) is 0. The molecule has 0 unspecified atom stereocenters. The van der Waals surface area contributed by atoms with Gasteiger partial charge < -0.3 is 0 Å². The zero-order valence-electron chi connectivity index (χ0n) is 13.9. The van der Waals surface area contributed by atoms with Crippen molar-refractivity contribution >= 4 is 22.0 Å². The summed E-state index contributed by atoms with van der Waals surface area (Å²) >= 11 is -2.82. The average molecular weight is 403 g/mol. The third-order valence-corrected chi connectivity index (χ3v) is 20.1. The van der Waals surface area contributed by atoms with E-state index in [4.69, 9.17) is 0 Å². The van der Waals surface area contributed by atoms with E-state index in [0.29, 0.717) is 0 Å². The predicted molar refractivity (Wildman–Crippen MR) is 90.9 cm³/mol. The van der Waals surface area contributed by atoms with Gasteiger partial charge in [-0.05, 0) is 0 Å². The summed E-state index contributed by atoms with van der Waals surface area (Å²) in [4.78, 5) is 0. The summed E-state index contributed by atoms with van der Waals surface area (Å²) in [6, 6.07) is 4.14. The van der Waals surface area contributed by atoms with Crippen molar-refractivity contribution < 1.29 is 8.78 Å². The predicted octanol–water partition coefficient (Wildman–Crippen LogP) is 6.02. The topological polar surface area (TPSA) is 0 Å². The Kier molecular flexibility index (Phi) is 8.84. The molecule has 0 aliphatic carbocycles. The van der Waals surface area contributed by atoms with Crippen molar-refractivity contribution in [2.75, 3.05) is 0 Å². The third-order valence-electron chi connectivity index (χ3n) is 4.53. The fourth-order valence-corrected chi connectivity index (χ4v) is 19.4. The summed E-state index contributed by atoms with van der Waals surface area (Å²) in [5, 5.41) is 0. The van der Waals surface area contributed by atoms with E-state index in [1.165, 1.54) is 50.8 Å². The standard InChI is InChI=1S/C6H3F2.3C4H9.Sn/c7-5-1-2-6(8)4-3-5;3*1-3-4-2;/h1-3H;3*1,3-4H2,2H3;. The van der Waals surface area contributed by atoms with Crippen LogP contribution in [0.3, 0.4) is 0 Å². The minimum atomic E-state index is -2.82. The Morgan fingerprint density at radius 3 is 1.71 bits per heavy atom. The van der Waals surface area contributed by atoms with Crippen LogP contribution < -0.4 is 3.58 Å². The molecule has 0 saturated carbocycles. The quantitative estimate of drug-likeness (QED) is 0.419. The van der Waals surface area contributed by atoms with E-state index >= 15 is 0 Å². The van der Waals surface area contributed by atoms with Gasteiger partial charge in [-0.15, -0.1) is 0 Å². The number of unbranched alkanes of at least 4 members (excludes halogenated alkanes) is 3. The van der Waals surface area contributed by atoms with Gasteiger partial charge in [0.25, 0.3) is 0 Å². The number of hydrogen-bond donors (Lipinski definition) is 0. The van der Waals surface area contributed by atoms with Gasteiger partial charge >= 0.3 is 133 Å². The van der Waals surface area contributed by atoms with Crippen LogP contribution in [0, 0.1) is 11.6 Å². The van der Waals surface area contributed by atoms with E-state index in [1.54, 1.807) is 0 Å². The Morgan fingerprint density at radius 2 is 1.29 bits per heavy atom. The van der Waals surface area contributed by atoms with Crippen LogP contribution in [0.5, 0.6) is 0 Å². The fraction of sp³-hybridized carbons (Fsp3) is 0.667. The van der Waals surface area contributed by atoms with Crippen molar-refractivity contribution in [2.24, 2.45) is 0 Å². The molecule has 21 heavy (non-hydrogen) atoms. The first kappa shape index (κ1) is 18.9. The van der Waals surface area contributed by atoms with Crippen LogP contribution in [-0.2, 0) is 0 Å². The number of hydrogen-bond acceptors (Lipinski definition) is 0. The number of rotatable bonds is 10. The van der Waals surface area contributed by atoms with Gasteiger partial charge in [0, 0.05) is 0 Å². The maximum absolute atomic E-state index is 14.4. The molecule has 0 fully saturated rings. The molecule has 1 rings (SSSR count). The molecule has 0 amide bonds. The van der Waals surface area contributed by atoms with Crippen LogP contribution in [-0.4, -0.2) is 18.4 Å². The van der Waals surface area contributed by atoms with E-state index in [2.05, 4.69) is 20.8 Å². The van der Waals surface area contributed by atoms with Crippen molar-refractivity contribution in [3.63, 3.8) is 0 Å². The minimum absolute atomic E-state index is 0.143. The molecule has 0 bridgehead atoms. The second-order valence-electron chi connectivity index (χ2n) is 6.22. The molecule has 0 aliphatic rings. The van der Waals surface area contributed by atoms with Gasteiger partial charge in [0.05, 0.1) is 0 Å². The Morgan fingerprint density at radius 1 is 0.810 bits per heavy atom. The summed E-state index contributed by atoms with van der Waals surface area (Å²) in [7, 11) is 0. The number of halogens is 2. The van der Waals surface area contributed by atoms with Gasteiger partial charge in [-0.2, -0.15) is 0 Å². The molecule has 1 aromatic carbocycles. The van der Waals surface area contributed by atoms with Crippen LogP contribution in [0.15, 0.2) is 18.2 Å². The van der Waals surface area contributed by atoms with Crippen LogP contribution in [0.25, 0.3) is 0 Å². The first-order chi connectivity index (χ1) is 10.1. The van der Waals surface area contributed by atoms with E-state index < -0.39 is 18.4 Å². The van der Waals surface area contributed by atoms with Crippen molar-refractivity contribution in [2.45, 2.75) is 72.6 Å². The van der Waals surface area contributed by atoms with E-state index in [9.17, 15) is 8.78 Å². The van der Waals surface area contributed by atoms with Crippen molar-refractivity contribution in [3.05, 3.63) is 29.8 Å². The summed E-state index contributed by atoms with van der Waals surface area (Å²) in [6.45, 7) is 6.58. The molecule has 120 valence electrons. The van der Waals surface area contributed by atoms with Crippen LogP contribution in [0.2, 0.25) is 13.3 Å². The van der Waals surface area contributed by atoms with E-state index in [-0.39, 0.29) is 11.6 Å². The monoisotopic (exact) mass is 404 g/mol. The van der Waals surface area contributed by atoms with Crippen LogP contribution >= 0.6 is 0 Å². The molecule has 1 aromatic rings. The molecule has 0 heterocycles. The van der Waals surface area contributed by atoms with Gasteiger partial charge in [0.2, 0.25) is 0 Å². The second-order valence-corrected chi connectivity index (χ2v) is 19.3. The fourth-order valence-electron chi connectivity index (χ4n) is 3.23. The van der Waals surface area contributed by atoms with Crippen LogP contribution in [0.1, 0.15) is 59.3 Å². The Hall–Kier alpha value is -0.121. The normalized spacial score (nSPS) is 11.9. The van der Waals surface area contributed by atoms with Gasteiger partial charge in [0.15, 0.2) is 0 Å². The summed E-state index contributed by atoms with van der Waals surface area (Å²) in [5.74, 6) is -0.410. The van der Waals surface area contributed by atoms with Gasteiger partial charge in [-0.1, -0.05) is 0 Å². The Bertz CT molecular complexity index is 396. The number of benzene rings is 1. The zero-order valence-corrected chi connectivity index (χ0v) is 16.7. The molecule has 0 atom stereocenters. The maximum atomic E-state index is 14.4. The first-order valence-corrected chi connectivity index (χ1v) is 16.0. The van der Waals surface area contributed by atoms with E-state index in [1.807, 2.05) is 0 Å². The molecule has 0 aliphatic heterocycles. The zero-order chi connectivity index (χ0) is 15.7. The molecule has 0 saturated heterocycles. The van der Waals surface area contributed by atoms with Crippen molar-refractivity contribution in [1.82, 2.24) is 0 Å². The summed E-state index contributed by atoms with van der Waals surface area (Å²) in [6.07, 6.45) is 6.94. The molecule has 0 nitrogen and oxygen atoms in total. The molecule has 0 radical (unpaired) electrons. The van der Waals surface area contributed by atoms with Gasteiger partial charge in [-0.3, -0.25) is 0 Å². The Balaban J connectivity index is 3.19. The molecule has 3 heteroatoms. The molecular formula is C18H30F2Sn. The van der Waals surface area contributed by atoms with Crippen molar-refractivity contribution in [3.8, 4) is 0 Å². The molecule has 0 aromatic heterocycles. The second kappa shape index (κ2) is 9.81. The Labute approximate surface area is 133 Å².